The number of azo groups is 4. The van der Waals surface area contributed by atoms with Gasteiger partial charge in [0.25, 0.3) is 0 Å². The molecule has 0 aliphatic carbocycles. The molecule has 16 N–H and O–H groups in total. The first-order chi connectivity index (χ1) is 44.7. The van der Waals surface area contributed by atoms with Crippen LogP contribution in [0.2, 0.25) is 0 Å². The Labute approximate surface area is 549 Å². The molecular formula is C76H104N16. The number of nitrogens with two attached hydrogens (primary N) is 8. The fraction of sp³-hybridized carbons (Fsp3) is 0.368. The van der Waals surface area contributed by atoms with E-state index < -0.39 is 0 Å². The predicted octanol–water partition coefficient (Wildman–Crippen LogP) is 15.9. The Bertz CT molecular complexity index is 3480. The van der Waals surface area contributed by atoms with Crippen molar-refractivity contribution in [3.05, 3.63) is 235 Å². The standard InChI is InChI=1S/2C20H28N4.2C18H24N4/c1-3-15-9-17(5-7-21)13-19(11-15)23-24-20-12-16(4-2)10-18(14-20)6-8-22;1-3-17-7-5-15(9-11-21)13-19(17)23-24-20-14-16(10-12-22)6-8-18(20)4-2;1-13-11-15(7-9-19)3-5-17(13)21-22-18-6-4-16(8-10-20)12-14(18)2;1-13-3-4-16(8-10-20)12-18(13)22-21-17-6-5-15(7-9-19)11-14(17)2/h9-14H,3-8,21-22H2,1-2H3;5-8,13-14H,3-4,9-12,21-22H2,1-2H3;2*3-6,11-12H,7-10,19-20H2,1-2H3. The molecule has 0 amide bonds. The molecule has 0 bridgehead atoms. The average molecular weight is 1240 g/mol. The van der Waals surface area contributed by atoms with E-state index in [0.29, 0.717) is 52.4 Å². The van der Waals surface area contributed by atoms with Crippen molar-refractivity contribution in [3.8, 4) is 0 Å². The van der Waals surface area contributed by atoms with Crippen LogP contribution in [0.15, 0.2) is 187 Å². The van der Waals surface area contributed by atoms with Crippen molar-refractivity contribution in [1.82, 2.24) is 0 Å². The number of nitrogens with zero attached hydrogens (tertiary/aromatic N) is 8. The molecule has 16 heteroatoms. The highest BCUT2D eigenvalue weighted by molar-refractivity contribution is 5.55. The zero-order valence-electron chi connectivity index (χ0n) is 56.2. The zero-order valence-corrected chi connectivity index (χ0v) is 56.2. The Morgan fingerprint density at radius 2 is 0.478 bits per heavy atom. The molecule has 0 atom stereocenters. The molecule has 8 aromatic rings. The molecule has 0 spiro atoms. The first-order valence-electron chi connectivity index (χ1n) is 32.8. The Morgan fingerprint density at radius 3 is 0.783 bits per heavy atom. The fourth-order valence-electron chi connectivity index (χ4n) is 10.3. The Hall–Kier alpha value is -8.16. The van der Waals surface area contributed by atoms with Crippen LogP contribution in [-0.4, -0.2) is 52.4 Å². The van der Waals surface area contributed by atoms with Crippen molar-refractivity contribution < 1.29 is 0 Å². The molecule has 0 aromatic heterocycles. The van der Waals surface area contributed by atoms with Gasteiger partial charge >= 0.3 is 0 Å². The van der Waals surface area contributed by atoms with E-state index in [0.717, 1.165) is 145 Å². The van der Waals surface area contributed by atoms with Gasteiger partial charge in [-0.3, -0.25) is 0 Å². The number of hydrogen-bond acceptors (Lipinski definition) is 16. The van der Waals surface area contributed by atoms with Crippen LogP contribution in [0.25, 0.3) is 0 Å². The minimum atomic E-state index is 0.640. The highest BCUT2D eigenvalue weighted by Crippen LogP contribution is 2.31. The van der Waals surface area contributed by atoms with Crippen molar-refractivity contribution in [2.45, 2.75) is 132 Å². The van der Waals surface area contributed by atoms with E-state index in [1.807, 2.05) is 45.9 Å². The van der Waals surface area contributed by atoms with Crippen LogP contribution < -0.4 is 45.9 Å². The summed E-state index contributed by atoms with van der Waals surface area (Å²) in [5.74, 6) is 0. The summed E-state index contributed by atoms with van der Waals surface area (Å²) in [6.45, 7) is 21.9. The minimum Gasteiger partial charge on any atom is -0.330 e. The third-order valence-corrected chi connectivity index (χ3v) is 15.6. The molecule has 0 aliphatic heterocycles. The van der Waals surface area contributed by atoms with Crippen LogP contribution in [0, 0.1) is 27.7 Å². The molecule has 488 valence electrons. The first kappa shape index (κ1) is 74.6. The van der Waals surface area contributed by atoms with Crippen LogP contribution in [-0.2, 0) is 77.0 Å². The van der Waals surface area contributed by atoms with Crippen LogP contribution in [0.1, 0.15) is 117 Å². The second-order valence-electron chi connectivity index (χ2n) is 22.9. The van der Waals surface area contributed by atoms with Gasteiger partial charge in [0.15, 0.2) is 0 Å². The lowest BCUT2D eigenvalue weighted by atomic mass is 10.0. The van der Waals surface area contributed by atoms with E-state index >= 15 is 0 Å². The second-order valence-corrected chi connectivity index (χ2v) is 22.9. The van der Waals surface area contributed by atoms with Gasteiger partial charge < -0.3 is 45.9 Å². The topological polar surface area (TPSA) is 307 Å². The molecule has 0 aliphatic rings. The summed E-state index contributed by atoms with van der Waals surface area (Å²) in [5, 5.41) is 35.6. The first-order valence-corrected chi connectivity index (χ1v) is 32.8. The van der Waals surface area contributed by atoms with Gasteiger partial charge in [-0.2, -0.15) is 40.9 Å². The molecule has 0 radical (unpaired) electrons. The molecule has 8 aromatic carbocycles. The number of benzene rings is 8. The van der Waals surface area contributed by atoms with Crippen molar-refractivity contribution in [2.24, 2.45) is 86.8 Å². The van der Waals surface area contributed by atoms with Crippen LogP contribution in [0.4, 0.5) is 45.5 Å². The Morgan fingerprint density at radius 1 is 0.217 bits per heavy atom. The quantitative estimate of drug-likeness (QED) is 0.0218. The lowest BCUT2D eigenvalue weighted by molar-refractivity contribution is 0.958. The van der Waals surface area contributed by atoms with Gasteiger partial charge in [-0.25, -0.2) is 0 Å². The van der Waals surface area contributed by atoms with E-state index in [1.165, 1.54) is 66.8 Å². The Balaban J connectivity index is 0.000000223. The number of hydrogen-bond donors (Lipinski definition) is 8. The van der Waals surface area contributed by atoms with Crippen molar-refractivity contribution in [3.63, 3.8) is 0 Å². The average Bonchev–Trinajstić information content (AvgIpc) is 2.78. The molecule has 8 rings (SSSR count). The highest BCUT2D eigenvalue weighted by Gasteiger charge is 2.09. The van der Waals surface area contributed by atoms with Gasteiger partial charge in [-0.15, -0.1) is 0 Å². The summed E-state index contributed by atoms with van der Waals surface area (Å²) in [7, 11) is 0. The van der Waals surface area contributed by atoms with Gasteiger partial charge in [-0.1, -0.05) is 113 Å². The van der Waals surface area contributed by atoms with Crippen molar-refractivity contribution in [2.75, 3.05) is 52.4 Å². The van der Waals surface area contributed by atoms with Crippen molar-refractivity contribution in [1.29, 1.82) is 0 Å². The van der Waals surface area contributed by atoms with Gasteiger partial charge in [0.05, 0.1) is 45.5 Å². The van der Waals surface area contributed by atoms with E-state index in [4.69, 9.17) is 45.9 Å². The molecule has 0 saturated carbocycles. The molecule has 0 unspecified atom stereocenters. The summed E-state index contributed by atoms with van der Waals surface area (Å²) in [4.78, 5) is 0. The fourth-order valence-corrected chi connectivity index (χ4v) is 10.3. The Kier molecular flexibility index (Phi) is 33.5. The third-order valence-electron chi connectivity index (χ3n) is 15.6. The van der Waals surface area contributed by atoms with Gasteiger partial charge in [0, 0.05) is 0 Å². The molecule has 16 nitrogen and oxygen atoms in total. The maximum atomic E-state index is 5.68. The lowest BCUT2D eigenvalue weighted by Crippen LogP contribution is -2.03. The SMILES string of the molecule is CCc1cc(CCN)cc(N=Nc2cc(CC)cc(CCN)c2)c1.CCc1ccc(CCN)cc1N=Nc1cc(CCN)ccc1CC.Cc1cc(CCN)ccc1N=Nc1cc(CCN)ccc1C.Cc1cc(CCN)ccc1N=Nc1ccc(CCN)cc1C. The molecule has 0 heterocycles. The van der Waals surface area contributed by atoms with Crippen LogP contribution in [0.5, 0.6) is 0 Å². The third kappa shape index (κ3) is 25.1. The largest absolute Gasteiger partial charge is 0.330 e. The zero-order chi connectivity index (χ0) is 66.6. The maximum Gasteiger partial charge on any atom is 0.0891 e. The van der Waals surface area contributed by atoms with Crippen LogP contribution in [0.3, 0.4) is 0 Å². The summed E-state index contributed by atoms with van der Waals surface area (Å²) < 4.78 is 0. The molecular weight excluding hydrogens is 1140 g/mol. The van der Waals surface area contributed by atoms with Crippen LogP contribution >= 0.6 is 0 Å². The van der Waals surface area contributed by atoms with E-state index in [9.17, 15) is 0 Å². The van der Waals surface area contributed by atoms with E-state index in [2.05, 4.69) is 196 Å². The van der Waals surface area contributed by atoms with Crippen molar-refractivity contribution >= 4 is 45.5 Å². The van der Waals surface area contributed by atoms with E-state index in [1.54, 1.807) is 0 Å². The highest BCUT2D eigenvalue weighted by atomic mass is 15.1. The number of aryl methyl sites for hydroxylation is 8. The molecule has 92 heavy (non-hydrogen) atoms. The molecule has 0 saturated heterocycles. The lowest BCUT2D eigenvalue weighted by Gasteiger charge is -2.07. The summed E-state index contributed by atoms with van der Waals surface area (Å²) in [5.41, 5.74) is 71.4. The van der Waals surface area contributed by atoms with Gasteiger partial charge in [0.1, 0.15) is 0 Å². The molecule has 0 fully saturated rings. The van der Waals surface area contributed by atoms with Gasteiger partial charge in [-0.05, 0) is 307 Å². The summed E-state index contributed by atoms with van der Waals surface area (Å²) in [6, 6.07) is 50.2. The summed E-state index contributed by atoms with van der Waals surface area (Å²) >= 11 is 0. The smallest absolute Gasteiger partial charge is 0.0891 e. The second kappa shape index (κ2) is 41.3. The predicted molar refractivity (Wildman–Crippen MR) is 387 cm³/mol. The van der Waals surface area contributed by atoms with Gasteiger partial charge in [0.2, 0.25) is 0 Å². The maximum absolute atomic E-state index is 5.68. The monoisotopic (exact) mass is 1240 g/mol. The minimum absolute atomic E-state index is 0.640. The van der Waals surface area contributed by atoms with E-state index in [-0.39, 0.29) is 0 Å². The number of rotatable bonds is 28. The normalized spacial score (nSPS) is 11.3. The summed E-state index contributed by atoms with van der Waals surface area (Å²) in [6.07, 6.45) is 10.8.